The summed E-state index contributed by atoms with van der Waals surface area (Å²) in [5.41, 5.74) is 0. The third-order valence-electron chi connectivity index (χ3n) is 2.20. The lowest BCUT2D eigenvalue weighted by atomic mass is 10.3. The molecule has 2 amide bonds. The van der Waals surface area contributed by atoms with E-state index in [1.165, 1.54) is 11.3 Å². The summed E-state index contributed by atoms with van der Waals surface area (Å²) in [4.78, 5) is 24.8. The molecular formula is C12H18N2O3S. The predicted octanol–water partition coefficient (Wildman–Crippen LogP) is 0.937. The Morgan fingerprint density at radius 1 is 1.44 bits per heavy atom. The van der Waals surface area contributed by atoms with Crippen molar-refractivity contribution in [2.24, 2.45) is 0 Å². The van der Waals surface area contributed by atoms with Crippen LogP contribution in [0.25, 0.3) is 0 Å². The first-order valence-corrected chi connectivity index (χ1v) is 6.47. The van der Waals surface area contributed by atoms with Crippen LogP contribution in [-0.2, 0) is 9.53 Å². The number of aryl methyl sites for hydroxylation is 1. The summed E-state index contributed by atoms with van der Waals surface area (Å²) in [5, 5.41) is 5.30. The van der Waals surface area contributed by atoms with Crippen molar-refractivity contribution in [3.63, 3.8) is 0 Å². The fourth-order valence-corrected chi connectivity index (χ4v) is 2.21. The van der Waals surface area contributed by atoms with E-state index in [1.54, 1.807) is 13.2 Å². The summed E-state index contributed by atoms with van der Waals surface area (Å²) < 4.78 is 4.90. The van der Waals surface area contributed by atoms with Gasteiger partial charge < -0.3 is 15.4 Å². The van der Waals surface area contributed by atoms with Crippen LogP contribution >= 0.6 is 11.3 Å². The van der Waals surface area contributed by atoms with Gasteiger partial charge in [-0.05, 0) is 26.0 Å². The molecule has 0 fully saturated rings. The van der Waals surface area contributed by atoms with E-state index >= 15 is 0 Å². The van der Waals surface area contributed by atoms with Crippen molar-refractivity contribution in [1.82, 2.24) is 10.6 Å². The van der Waals surface area contributed by atoms with Gasteiger partial charge >= 0.3 is 0 Å². The number of hydrogen-bond donors (Lipinski definition) is 2. The lowest BCUT2D eigenvalue weighted by Crippen LogP contribution is -2.42. The maximum Gasteiger partial charge on any atom is 0.261 e. The molecular weight excluding hydrogens is 252 g/mol. The quantitative estimate of drug-likeness (QED) is 0.808. The average molecular weight is 270 g/mol. The van der Waals surface area contributed by atoms with E-state index in [0.717, 1.165) is 4.88 Å². The highest BCUT2D eigenvalue weighted by atomic mass is 32.1. The molecule has 0 aromatic carbocycles. The van der Waals surface area contributed by atoms with E-state index in [2.05, 4.69) is 10.6 Å². The molecule has 5 nitrogen and oxygen atoms in total. The number of hydrogen-bond acceptors (Lipinski definition) is 4. The summed E-state index contributed by atoms with van der Waals surface area (Å²) in [6, 6.07) is 3.56. The van der Waals surface area contributed by atoms with E-state index in [4.69, 9.17) is 4.74 Å². The van der Waals surface area contributed by atoms with Gasteiger partial charge in [0.1, 0.15) is 0 Å². The minimum atomic E-state index is -0.221. The summed E-state index contributed by atoms with van der Waals surface area (Å²) in [6.07, 6.45) is 0. The SMILES string of the molecule is COCC(C)NC(=O)CNC(=O)c1ccc(C)s1. The van der Waals surface area contributed by atoms with Crippen LogP contribution in [0.3, 0.4) is 0 Å². The molecule has 0 bridgehead atoms. The molecule has 1 aromatic heterocycles. The monoisotopic (exact) mass is 270 g/mol. The number of amides is 2. The van der Waals surface area contributed by atoms with Crippen LogP contribution in [-0.4, -0.2) is 38.1 Å². The molecule has 0 aliphatic rings. The van der Waals surface area contributed by atoms with Gasteiger partial charge in [0, 0.05) is 18.0 Å². The Labute approximate surface area is 111 Å². The zero-order valence-corrected chi connectivity index (χ0v) is 11.6. The fourth-order valence-electron chi connectivity index (χ4n) is 1.42. The van der Waals surface area contributed by atoms with Gasteiger partial charge in [0.2, 0.25) is 5.91 Å². The number of methoxy groups -OCH3 is 1. The molecule has 0 saturated heterocycles. The van der Waals surface area contributed by atoms with E-state index in [1.807, 2.05) is 19.9 Å². The van der Waals surface area contributed by atoms with Gasteiger partial charge in [0.05, 0.1) is 18.0 Å². The average Bonchev–Trinajstić information content (AvgIpc) is 2.73. The predicted molar refractivity (Wildman–Crippen MR) is 70.9 cm³/mol. The molecule has 2 N–H and O–H groups in total. The van der Waals surface area contributed by atoms with Crippen molar-refractivity contribution >= 4 is 23.2 Å². The molecule has 1 heterocycles. The highest BCUT2D eigenvalue weighted by Gasteiger charge is 2.11. The standard InChI is InChI=1S/C12H18N2O3S/c1-8(7-17-3)14-11(15)6-13-12(16)10-5-4-9(2)18-10/h4-5,8H,6-7H2,1-3H3,(H,13,16)(H,14,15). The van der Waals surface area contributed by atoms with Crippen molar-refractivity contribution in [3.8, 4) is 0 Å². The number of thiophene rings is 1. The van der Waals surface area contributed by atoms with Crippen LogP contribution in [0.2, 0.25) is 0 Å². The topological polar surface area (TPSA) is 67.4 Å². The van der Waals surface area contributed by atoms with E-state index in [-0.39, 0.29) is 24.4 Å². The highest BCUT2D eigenvalue weighted by molar-refractivity contribution is 7.13. The molecule has 18 heavy (non-hydrogen) atoms. The molecule has 0 spiro atoms. The maximum atomic E-state index is 11.7. The molecule has 0 aliphatic heterocycles. The third kappa shape index (κ3) is 4.85. The van der Waals surface area contributed by atoms with Gasteiger partial charge in [-0.15, -0.1) is 11.3 Å². The first-order chi connectivity index (χ1) is 8.52. The molecule has 100 valence electrons. The van der Waals surface area contributed by atoms with Crippen molar-refractivity contribution in [2.45, 2.75) is 19.9 Å². The van der Waals surface area contributed by atoms with Gasteiger partial charge in [0.15, 0.2) is 0 Å². The van der Waals surface area contributed by atoms with Gasteiger partial charge in [-0.2, -0.15) is 0 Å². The zero-order chi connectivity index (χ0) is 13.5. The summed E-state index contributed by atoms with van der Waals surface area (Å²) in [6.45, 7) is 4.19. The van der Waals surface area contributed by atoms with Crippen molar-refractivity contribution in [1.29, 1.82) is 0 Å². The number of ether oxygens (including phenoxy) is 1. The molecule has 0 saturated carbocycles. The van der Waals surface area contributed by atoms with Gasteiger partial charge in [-0.3, -0.25) is 9.59 Å². The maximum absolute atomic E-state index is 11.7. The Morgan fingerprint density at radius 3 is 2.72 bits per heavy atom. The molecule has 1 aromatic rings. The lowest BCUT2D eigenvalue weighted by molar-refractivity contribution is -0.121. The van der Waals surface area contributed by atoms with E-state index < -0.39 is 0 Å². The van der Waals surface area contributed by atoms with Crippen LogP contribution < -0.4 is 10.6 Å². The van der Waals surface area contributed by atoms with Crippen molar-refractivity contribution < 1.29 is 14.3 Å². The van der Waals surface area contributed by atoms with Gasteiger partial charge in [-0.25, -0.2) is 0 Å². The van der Waals surface area contributed by atoms with Crippen LogP contribution in [0, 0.1) is 6.92 Å². The largest absolute Gasteiger partial charge is 0.383 e. The number of carbonyl (C=O) groups excluding carboxylic acids is 2. The second-order valence-electron chi connectivity index (χ2n) is 4.02. The smallest absolute Gasteiger partial charge is 0.261 e. The molecule has 1 unspecified atom stereocenters. The number of carbonyl (C=O) groups is 2. The molecule has 1 atom stereocenters. The molecule has 0 radical (unpaired) electrons. The second kappa shape index (κ2) is 7.13. The van der Waals surface area contributed by atoms with Crippen LogP contribution in [0.1, 0.15) is 21.5 Å². The van der Waals surface area contributed by atoms with E-state index in [0.29, 0.717) is 11.5 Å². The lowest BCUT2D eigenvalue weighted by Gasteiger charge is -2.12. The highest BCUT2D eigenvalue weighted by Crippen LogP contribution is 2.14. The number of rotatable bonds is 6. The Kier molecular flexibility index (Phi) is 5.80. The third-order valence-corrected chi connectivity index (χ3v) is 3.20. The molecule has 0 aliphatic carbocycles. The van der Waals surface area contributed by atoms with Crippen LogP contribution in [0.4, 0.5) is 0 Å². The summed E-state index contributed by atoms with van der Waals surface area (Å²) in [7, 11) is 1.57. The fraction of sp³-hybridized carbons (Fsp3) is 0.500. The summed E-state index contributed by atoms with van der Waals surface area (Å²) >= 11 is 1.41. The van der Waals surface area contributed by atoms with Crippen molar-refractivity contribution in [3.05, 3.63) is 21.9 Å². The normalized spacial score (nSPS) is 11.9. The van der Waals surface area contributed by atoms with E-state index in [9.17, 15) is 9.59 Å². The minimum Gasteiger partial charge on any atom is -0.383 e. The van der Waals surface area contributed by atoms with Crippen molar-refractivity contribution in [2.75, 3.05) is 20.3 Å². The number of nitrogens with one attached hydrogen (secondary N) is 2. The molecule has 1 rings (SSSR count). The Balaban J connectivity index is 2.32. The van der Waals surface area contributed by atoms with Gasteiger partial charge in [-0.1, -0.05) is 0 Å². The second-order valence-corrected chi connectivity index (χ2v) is 5.30. The molecule has 6 heteroatoms. The Hall–Kier alpha value is -1.40. The van der Waals surface area contributed by atoms with Crippen LogP contribution in [0.5, 0.6) is 0 Å². The summed E-state index contributed by atoms with van der Waals surface area (Å²) in [5.74, 6) is -0.441. The Bertz CT molecular complexity index is 417. The Morgan fingerprint density at radius 2 is 2.17 bits per heavy atom. The van der Waals surface area contributed by atoms with Gasteiger partial charge in [0.25, 0.3) is 5.91 Å². The minimum absolute atomic E-state index is 0.0240. The first kappa shape index (κ1) is 14.7. The van der Waals surface area contributed by atoms with Crippen LogP contribution in [0.15, 0.2) is 12.1 Å². The first-order valence-electron chi connectivity index (χ1n) is 5.66. The zero-order valence-electron chi connectivity index (χ0n) is 10.8.